The van der Waals surface area contributed by atoms with Crippen LogP contribution in [0.25, 0.3) is 0 Å². The van der Waals surface area contributed by atoms with E-state index in [9.17, 15) is 20.2 Å². The maximum absolute atomic E-state index is 11.3. The van der Waals surface area contributed by atoms with Crippen molar-refractivity contribution in [2.24, 2.45) is 0 Å². The zero-order valence-electron chi connectivity index (χ0n) is 15.8. The van der Waals surface area contributed by atoms with Crippen molar-refractivity contribution in [1.82, 2.24) is 9.80 Å². The van der Waals surface area contributed by atoms with Crippen LogP contribution in [-0.4, -0.2) is 52.9 Å². The molecule has 0 saturated carbocycles. The standard InChI is InChI=1S/C19H20N4O4.2ClH/c1-20-8-9-21-11-18(13-2-4-14(5-3-13)22(24)25)16-7-6-15(23(26)27)10-17(16)19(21)12-20;;/h2-7,10,18-19H,8-9,11-12H2,1H3;2*1H/t18-,19+;;/m0../s1. The minimum atomic E-state index is -0.404. The van der Waals surface area contributed by atoms with Crippen LogP contribution < -0.4 is 0 Å². The number of hydrogen-bond donors (Lipinski definition) is 0. The van der Waals surface area contributed by atoms with Crippen molar-refractivity contribution in [3.63, 3.8) is 0 Å². The van der Waals surface area contributed by atoms with Crippen molar-refractivity contribution in [3.05, 3.63) is 79.4 Å². The van der Waals surface area contributed by atoms with Crippen molar-refractivity contribution in [2.45, 2.75) is 12.0 Å². The number of piperazine rings is 1. The molecular weight excluding hydrogens is 419 g/mol. The highest BCUT2D eigenvalue weighted by Crippen LogP contribution is 2.42. The van der Waals surface area contributed by atoms with Gasteiger partial charge in [0.1, 0.15) is 0 Å². The number of hydrogen-bond acceptors (Lipinski definition) is 6. The Morgan fingerprint density at radius 2 is 1.48 bits per heavy atom. The number of benzene rings is 2. The number of non-ortho nitro benzene ring substituents is 2. The molecule has 0 aliphatic carbocycles. The van der Waals surface area contributed by atoms with Gasteiger partial charge in [-0.05, 0) is 23.7 Å². The van der Waals surface area contributed by atoms with Gasteiger partial charge in [-0.25, -0.2) is 0 Å². The number of halogens is 2. The summed E-state index contributed by atoms with van der Waals surface area (Å²) in [6, 6.07) is 11.9. The minimum Gasteiger partial charge on any atom is -0.303 e. The van der Waals surface area contributed by atoms with Gasteiger partial charge in [-0.1, -0.05) is 18.2 Å². The molecule has 2 heterocycles. The van der Waals surface area contributed by atoms with Gasteiger partial charge in [-0.15, -0.1) is 24.8 Å². The monoisotopic (exact) mass is 440 g/mol. The van der Waals surface area contributed by atoms with E-state index in [1.807, 2.05) is 6.07 Å². The molecule has 0 amide bonds. The highest BCUT2D eigenvalue weighted by atomic mass is 35.5. The number of likely N-dealkylation sites (N-methyl/N-ethyl adjacent to an activating group) is 1. The highest BCUT2D eigenvalue weighted by Gasteiger charge is 2.37. The first-order valence-electron chi connectivity index (χ1n) is 8.89. The van der Waals surface area contributed by atoms with E-state index < -0.39 is 4.92 Å². The number of nitro benzene ring substituents is 2. The minimum absolute atomic E-state index is 0. The van der Waals surface area contributed by atoms with Crippen LogP contribution in [0, 0.1) is 20.2 Å². The molecule has 2 aromatic rings. The van der Waals surface area contributed by atoms with Gasteiger partial charge < -0.3 is 4.90 Å². The lowest BCUT2D eigenvalue weighted by atomic mass is 9.80. The van der Waals surface area contributed by atoms with Crippen molar-refractivity contribution in [3.8, 4) is 0 Å². The van der Waals surface area contributed by atoms with Crippen LogP contribution >= 0.6 is 24.8 Å². The zero-order chi connectivity index (χ0) is 19.1. The molecule has 1 fully saturated rings. The molecular formula is C19H22Cl2N4O4. The van der Waals surface area contributed by atoms with Gasteiger partial charge in [0.05, 0.1) is 9.85 Å². The third-order valence-electron chi connectivity index (χ3n) is 5.63. The van der Waals surface area contributed by atoms with Crippen molar-refractivity contribution in [1.29, 1.82) is 0 Å². The molecule has 0 aromatic heterocycles. The molecule has 8 nitrogen and oxygen atoms in total. The normalized spacial score (nSPS) is 21.1. The topological polar surface area (TPSA) is 92.8 Å². The Morgan fingerprint density at radius 1 is 0.862 bits per heavy atom. The molecule has 2 atom stereocenters. The summed E-state index contributed by atoms with van der Waals surface area (Å²) >= 11 is 0. The van der Waals surface area contributed by atoms with Gasteiger partial charge >= 0.3 is 0 Å². The fraction of sp³-hybridized carbons (Fsp3) is 0.368. The van der Waals surface area contributed by atoms with E-state index in [1.54, 1.807) is 24.3 Å². The van der Waals surface area contributed by atoms with E-state index in [1.165, 1.54) is 12.1 Å². The van der Waals surface area contributed by atoms with E-state index in [0.29, 0.717) is 0 Å². The lowest BCUT2D eigenvalue weighted by Crippen LogP contribution is -2.50. The molecule has 0 unspecified atom stereocenters. The smallest absolute Gasteiger partial charge is 0.269 e. The molecule has 2 aromatic carbocycles. The Balaban J connectivity index is 0.00000150. The maximum Gasteiger partial charge on any atom is 0.269 e. The van der Waals surface area contributed by atoms with Gasteiger partial charge in [0.2, 0.25) is 0 Å². The van der Waals surface area contributed by atoms with Crippen LogP contribution in [0.3, 0.4) is 0 Å². The molecule has 0 spiro atoms. The molecule has 0 bridgehead atoms. The molecule has 156 valence electrons. The number of rotatable bonds is 3. The Kier molecular flexibility index (Phi) is 7.18. The van der Waals surface area contributed by atoms with Crippen molar-refractivity contribution >= 4 is 36.2 Å². The third-order valence-corrected chi connectivity index (χ3v) is 5.63. The van der Waals surface area contributed by atoms with E-state index >= 15 is 0 Å². The fourth-order valence-corrected chi connectivity index (χ4v) is 4.20. The average molecular weight is 441 g/mol. The van der Waals surface area contributed by atoms with Gasteiger partial charge in [0.25, 0.3) is 11.4 Å². The summed E-state index contributed by atoms with van der Waals surface area (Å²) in [5, 5.41) is 22.2. The summed E-state index contributed by atoms with van der Waals surface area (Å²) in [4.78, 5) is 26.1. The van der Waals surface area contributed by atoms with Gasteiger partial charge in [0, 0.05) is 62.4 Å². The molecule has 0 N–H and O–H groups in total. The molecule has 0 radical (unpaired) electrons. The number of fused-ring (bicyclic) bond motifs is 3. The van der Waals surface area contributed by atoms with E-state index in [4.69, 9.17) is 0 Å². The van der Waals surface area contributed by atoms with Crippen LogP contribution in [0.5, 0.6) is 0 Å². The first-order valence-corrected chi connectivity index (χ1v) is 8.89. The summed E-state index contributed by atoms with van der Waals surface area (Å²) in [5.74, 6) is 0.0428. The third kappa shape index (κ3) is 4.35. The van der Waals surface area contributed by atoms with Crippen LogP contribution in [0.2, 0.25) is 0 Å². The lowest BCUT2D eigenvalue weighted by Gasteiger charge is -2.46. The predicted octanol–water partition coefficient (Wildman–Crippen LogP) is 3.78. The quantitative estimate of drug-likeness (QED) is 0.532. The molecule has 1 saturated heterocycles. The number of nitrogens with zero attached hydrogens (tertiary/aromatic N) is 4. The first-order chi connectivity index (χ1) is 12.9. The first kappa shape index (κ1) is 23.0. The Hall–Kier alpha value is -2.26. The molecule has 2 aliphatic rings. The summed E-state index contributed by atoms with van der Waals surface area (Å²) in [5.41, 5.74) is 3.23. The summed E-state index contributed by atoms with van der Waals surface area (Å²) in [6.07, 6.45) is 0. The summed E-state index contributed by atoms with van der Waals surface area (Å²) in [6.45, 7) is 3.49. The summed E-state index contributed by atoms with van der Waals surface area (Å²) < 4.78 is 0. The SMILES string of the molecule is CN1CCN2C[C@@H](c3ccc([N+](=O)[O-])cc3)c3ccc([N+](=O)[O-])cc3[C@H]2C1.Cl.Cl. The summed E-state index contributed by atoms with van der Waals surface area (Å²) in [7, 11) is 2.07. The molecule has 2 aliphatic heterocycles. The van der Waals surface area contributed by atoms with Crippen LogP contribution in [-0.2, 0) is 0 Å². The van der Waals surface area contributed by atoms with E-state index in [-0.39, 0.29) is 53.1 Å². The lowest BCUT2D eigenvalue weighted by molar-refractivity contribution is -0.385. The highest BCUT2D eigenvalue weighted by molar-refractivity contribution is 5.85. The Morgan fingerprint density at radius 3 is 2.10 bits per heavy atom. The maximum atomic E-state index is 11.3. The van der Waals surface area contributed by atoms with Crippen LogP contribution in [0.1, 0.15) is 28.7 Å². The second-order valence-corrected chi connectivity index (χ2v) is 7.24. The Bertz CT molecular complexity index is 910. The van der Waals surface area contributed by atoms with Gasteiger partial charge in [-0.2, -0.15) is 0 Å². The van der Waals surface area contributed by atoms with Crippen LogP contribution in [0.4, 0.5) is 11.4 Å². The average Bonchev–Trinajstić information content (AvgIpc) is 2.67. The number of nitro groups is 2. The van der Waals surface area contributed by atoms with E-state index in [2.05, 4.69) is 16.8 Å². The van der Waals surface area contributed by atoms with Crippen molar-refractivity contribution in [2.75, 3.05) is 33.2 Å². The predicted molar refractivity (Wildman–Crippen MR) is 114 cm³/mol. The second-order valence-electron chi connectivity index (χ2n) is 7.24. The Labute approximate surface area is 180 Å². The van der Waals surface area contributed by atoms with Crippen LogP contribution in [0.15, 0.2) is 42.5 Å². The zero-order valence-corrected chi connectivity index (χ0v) is 17.4. The molecule has 29 heavy (non-hydrogen) atoms. The second kappa shape index (κ2) is 9.04. The van der Waals surface area contributed by atoms with E-state index in [0.717, 1.165) is 42.9 Å². The van der Waals surface area contributed by atoms with Gasteiger partial charge in [-0.3, -0.25) is 25.1 Å². The van der Waals surface area contributed by atoms with Crippen molar-refractivity contribution < 1.29 is 9.85 Å². The van der Waals surface area contributed by atoms with Gasteiger partial charge in [0.15, 0.2) is 0 Å². The molecule has 10 heteroatoms. The fourth-order valence-electron chi connectivity index (χ4n) is 4.20. The molecule has 4 rings (SSSR count). The largest absolute Gasteiger partial charge is 0.303 e.